The van der Waals surface area contributed by atoms with E-state index in [2.05, 4.69) is 41.6 Å². The van der Waals surface area contributed by atoms with Crippen LogP contribution in [0.3, 0.4) is 0 Å². The van der Waals surface area contributed by atoms with Crippen LogP contribution in [0.4, 0.5) is 4.39 Å². The predicted molar refractivity (Wildman–Crippen MR) is 124 cm³/mol. The molecule has 0 spiro atoms. The van der Waals surface area contributed by atoms with Gasteiger partial charge in [0.1, 0.15) is 12.0 Å². The Morgan fingerprint density at radius 1 is 1.03 bits per heavy atom. The molecule has 1 saturated carbocycles. The summed E-state index contributed by atoms with van der Waals surface area (Å²) in [5.74, 6) is 0.170. The number of aryl methyl sites for hydroxylation is 1. The first-order chi connectivity index (χ1) is 15.0. The average Bonchev–Trinajstić information content (AvgIpc) is 3.09. The van der Waals surface area contributed by atoms with Gasteiger partial charge in [-0.2, -0.15) is 0 Å². The zero-order valence-electron chi connectivity index (χ0n) is 18.6. The highest BCUT2D eigenvalue weighted by atomic mass is 19.1. The minimum Gasteiger partial charge on any atom is -0.373 e. The second kappa shape index (κ2) is 8.40. The highest BCUT2D eigenvalue weighted by molar-refractivity contribution is 5.86. The molecule has 1 fully saturated rings. The first-order valence-corrected chi connectivity index (χ1v) is 11.8. The Bertz CT molecular complexity index is 1070. The Kier molecular flexibility index (Phi) is 5.61. The Balaban J connectivity index is 1.65. The highest BCUT2D eigenvalue weighted by Gasteiger charge is 2.35. The van der Waals surface area contributed by atoms with Gasteiger partial charge in [0.15, 0.2) is 0 Å². The first-order valence-electron chi connectivity index (χ1n) is 11.8. The summed E-state index contributed by atoms with van der Waals surface area (Å²) in [6.07, 6.45) is 6.25. The molecule has 0 bridgehead atoms. The third kappa shape index (κ3) is 3.81. The van der Waals surface area contributed by atoms with Crippen molar-refractivity contribution in [1.82, 2.24) is 9.47 Å². The number of fused-ring (bicyclic) bond motifs is 3. The summed E-state index contributed by atoms with van der Waals surface area (Å²) >= 11 is 0. The smallest absolute Gasteiger partial charge is 0.138 e. The van der Waals surface area contributed by atoms with E-state index >= 15 is 0 Å². The molecule has 2 aliphatic rings. The van der Waals surface area contributed by atoms with Crippen molar-refractivity contribution < 1.29 is 9.50 Å². The SMILES string of the molecule is Cc1ccc2c(c1)c1c(n2C(O)C(c2ccc(F)cc2)C2CCCCC2)CCN(C)C1. The summed E-state index contributed by atoms with van der Waals surface area (Å²) in [6, 6.07) is 13.4. The van der Waals surface area contributed by atoms with Gasteiger partial charge in [-0.25, -0.2) is 4.39 Å². The zero-order valence-corrected chi connectivity index (χ0v) is 18.6. The van der Waals surface area contributed by atoms with Crippen LogP contribution in [0, 0.1) is 18.7 Å². The molecule has 3 nitrogen and oxygen atoms in total. The van der Waals surface area contributed by atoms with Crippen molar-refractivity contribution in [3.05, 3.63) is 70.7 Å². The van der Waals surface area contributed by atoms with E-state index in [9.17, 15) is 9.50 Å². The van der Waals surface area contributed by atoms with Crippen molar-refractivity contribution in [3.8, 4) is 0 Å². The van der Waals surface area contributed by atoms with Crippen LogP contribution in [0.25, 0.3) is 10.9 Å². The summed E-state index contributed by atoms with van der Waals surface area (Å²) in [6.45, 7) is 4.05. The van der Waals surface area contributed by atoms with E-state index in [0.29, 0.717) is 5.92 Å². The molecule has 1 aliphatic heterocycles. The van der Waals surface area contributed by atoms with E-state index in [-0.39, 0.29) is 11.7 Å². The molecule has 5 rings (SSSR count). The van der Waals surface area contributed by atoms with E-state index < -0.39 is 6.23 Å². The standard InChI is InChI=1S/C27H33FN2O/c1-18-8-13-24-22(16-18)23-17-29(2)15-14-25(23)30(24)27(31)26(19-6-4-3-5-7-19)20-9-11-21(28)12-10-20/h8-13,16,19,26-27,31H,3-7,14-15,17H2,1-2H3. The second-order valence-corrected chi connectivity index (χ2v) is 9.69. The number of hydrogen-bond acceptors (Lipinski definition) is 2. The Labute approximate surface area is 184 Å². The molecule has 3 aromatic rings. The number of aliphatic hydroxyl groups excluding tert-OH is 1. The van der Waals surface area contributed by atoms with E-state index in [0.717, 1.165) is 43.4 Å². The maximum Gasteiger partial charge on any atom is 0.138 e. The molecule has 2 aromatic carbocycles. The molecule has 0 saturated heterocycles. The van der Waals surface area contributed by atoms with E-state index in [4.69, 9.17) is 0 Å². The number of halogens is 1. The van der Waals surface area contributed by atoms with Gasteiger partial charge in [-0.05, 0) is 68.1 Å². The van der Waals surface area contributed by atoms with Crippen LogP contribution in [-0.2, 0) is 13.0 Å². The topological polar surface area (TPSA) is 28.4 Å². The maximum absolute atomic E-state index is 13.7. The van der Waals surface area contributed by atoms with Crippen molar-refractivity contribution in [1.29, 1.82) is 0 Å². The summed E-state index contributed by atoms with van der Waals surface area (Å²) in [5, 5.41) is 13.3. The van der Waals surface area contributed by atoms with E-state index in [1.807, 2.05) is 12.1 Å². The predicted octanol–water partition coefficient (Wildman–Crippen LogP) is 5.93. The van der Waals surface area contributed by atoms with Crippen molar-refractivity contribution in [2.24, 2.45) is 5.92 Å². The maximum atomic E-state index is 13.7. The van der Waals surface area contributed by atoms with Gasteiger partial charge in [-0.1, -0.05) is 43.0 Å². The van der Waals surface area contributed by atoms with E-state index in [1.165, 1.54) is 41.5 Å². The molecule has 0 radical (unpaired) electrons. The molecule has 1 aromatic heterocycles. The fraction of sp³-hybridized carbons (Fsp3) is 0.481. The minimum atomic E-state index is -0.647. The van der Waals surface area contributed by atoms with Crippen molar-refractivity contribution >= 4 is 10.9 Å². The Morgan fingerprint density at radius 3 is 2.52 bits per heavy atom. The van der Waals surface area contributed by atoms with Gasteiger partial charge in [0.25, 0.3) is 0 Å². The minimum absolute atomic E-state index is 0.0263. The average molecular weight is 421 g/mol. The van der Waals surface area contributed by atoms with Crippen LogP contribution in [0.1, 0.15) is 66.6 Å². The summed E-state index contributed by atoms with van der Waals surface area (Å²) in [5.41, 5.74) is 6.05. The molecule has 2 atom stereocenters. The largest absolute Gasteiger partial charge is 0.373 e. The number of nitrogens with zero attached hydrogens (tertiary/aromatic N) is 2. The van der Waals surface area contributed by atoms with Crippen LogP contribution < -0.4 is 0 Å². The summed E-state index contributed by atoms with van der Waals surface area (Å²) in [7, 11) is 2.17. The lowest BCUT2D eigenvalue weighted by atomic mass is 9.75. The fourth-order valence-corrected chi connectivity index (χ4v) is 5.97. The molecular formula is C27H33FN2O. The van der Waals surface area contributed by atoms with Crippen LogP contribution >= 0.6 is 0 Å². The number of likely N-dealkylation sites (N-methyl/N-ethyl adjacent to an activating group) is 1. The molecule has 31 heavy (non-hydrogen) atoms. The molecule has 2 heterocycles. The fourth-order valence-electron chi connectivity index (χ4n) is 5.97. The van der Waals surface area contributed by atoms with Crippen molar-refractivity contribution in [3.63, 3.8) is 0 Å². The molecule has 2 unspecified atom stereocenters. The van der Waals surface area contributed by atoms with Gasteiger partial charge < -0.3 is 14.6 Å². The van der Waals surface area contributed by atoms with Gasteiger partial charge in [-0.3, -0.25) is 0 Å². The number of rotatable bonds is 4. The monoisotopic (exact) mass is 420 g/mol. The van der Waals surface area contributed by atoms with Crippen LogP contribution in [0.2, 0.25) is 0 Å². The third-order valence-electron chi connectivity index (χ3n) is 7.53. The lowest BCUT2D eigenvalue weighted by molar-refractivity contribution is 0.0421. The zero-order chi connectivity index (χ0) is 21.5. The number of aliphatic hydroxyl groups is 1. The Hall–Kier alpha value is -2.17. The van der Waals surface area contributed by atoms with Crippen molar-refractivity contribution in [2.75, 3.05) is 13.6 Å². The molecule has 0 amide bonds. The van der Waals surface area contributed by atoms with Crippen LogP contribution in [0.15, 0.2) is 42.5 Å². The summed E-state index contributed by atoms with van der Waals surface area (Å²) in [4.78, 5) is 2.36. The normalized spacial score (nSPS) is 20.0. The molecular weight excluding hydrogens is 387 g/mol. The molecule has 4 heteroatoms. The number of aromatic nitrogens is 1. The van der Waals surface area contributed by atoms with Gasteiger partial charge in [0.05, 0.1) is 5.52 Å². The molecule has 164 valence electrons. The molecule has 1 N–H and O–H groups in total. The summed E-state index contributed by atoms with van der Waals surface area (Å²) < 4.78 is 15.9. The lowest BCUT2D eigenvalue weighted by Gasteiger charge is -2.36. The lowest BCUT2D eigenvalue weighted by Crippen LogP contribution is -2.31. The van der Waals surface area contributed by atoms with Crippen LogP contribution in [0.5, 0.6) is 0 Å². The van der Waals surface area contributed by atoms with Gasteiger partial charge in [-0.15, -0.1) is 0 Å². The number of hydrogen-bond donors (Lipinski definition) is 1. The van der Waals surface area contributed by atoms with E-state index in [1.54, 1.807) is 12.1 Å². The van der Waals surface area contributed by atoms with Gasteiger partial charge in [0.2, 0.25) is 0 Å². The number of benzene rings is 2. The van der Waals surface area contributed by atoms with Crippen LogP contribution in [-0.4, -0.2) is 28.2 Å². The highest BCUT2D eigenvalue weighted by Crippen LogP contribution is 2.44. The van der Waals surface area contributed by atoms with Crippen molar-refractivity contribution in [2.45, 2.75) is 64.1 Å². The van der Waals surface area contributed by atoms with Gasteiger partial charge in [0, 0.05) is 36.5 Å². The quantitative estimate of drug-likeness (QED) is 0.566. The first kappa shape index (κ1) is 20.7. The third-order valence-corrected chi connectivity index (χ3v) is 7.53. The molecule has 1 aliphatic carbocycles. The second-order valence-electron chi connectivity index (χ2n) is 9.69. The van der Waals surface area contributed by atoms with Gasteiger partial charge >= 0.3 is 0 Å². The Morgan fingerprint density at radius 2 is 1.77 bits per heavy atom.